The molecular formula is C12H15BrO4. The Bertz CT molecular complexity index is 404. The van der Waals surface area contributed by atoms with Crippen molar-refractivity contribution in [3.63, 3.8) is 0 Å². The molecule has 0 aliphatic rings. The maximum absolute atomic E-state index is 11.6. The molecule has 0 aliphatic carbocycles. The lowest BCUT2D eigenvalue weighted by Crippen LogP contribution is -2.06. The first-order chi connectivity index (χ1) is 8.13. The predicted molar refractivity (Wildman–Crippen MR) is 67.8 cm³/mol. The van der Waals surface area contributed by atoms with Gasteiger partial charge < -0.3 is 14.2 Å². The zero-order valence-corrected chi connectivity index (χ0v) is 11.7. The zero-order valence-electron chi connectivity index (χ0n) is 10.1. The number of rotatable bonds is 5. The minimum absolute atomic E-state index is 0.379. The van der Waals surface area contributed by atoms with Crippen LogP contribution in [0.25, 0.3) is 0 Å². The summed E-state index contributed by atoms with van der Waals surface area (Å²) in [6.45, 7) is 4.75. The van der Waals surface area contributed by atoms with E-state index >= 15 is 0 Å². The molecule has 0 amide bonds. The summed E-state index contributed by atoms with van der Waals surface area (Å²) in [6.07, 6.45) is 0. The Morgan fingerprint density at radius 3 is 2.29 bits per heavy atom. The largest absolute Gasteiger partial charge is 0.493 e. The summed E-state index contributed by atoms with van der Waals surface area (Å²) in [5.41, 5.74) is 0.379. The van der Waals surface area contributed by atoms with Gasteiger partial charge in [0.2, 0.25) is 0 Å². The van der Waals surface area contributed by atoms with Crippen molar-refractivity contribution >= 4 is 21.9 Å². The van der Waals surface area contributed by atoms with Crippen LogP contribution in [-0.2, 0) is 4.74 Å². The van der Waals surface area contributed by atoms with Gasteiger partial charge in [0, 0.05) is 6.07 Å². The van der Waals surface area contributed by atoms with Crippen molar-refractivity contribution < 1.29 is 19.0 Å². The third kappa shape index (κ3) is 3.36. The van der Waals surface area contributed by atoms with Crippen LogP contribution >= 0.6 is 15.9 Å². The van der Waals surface area contributed by atoms with E-state index < -0.39 is 5.97 Å². The minimum Gasteiger partial charge on any atom is -0.493 e. The first-order valence-corrected chi connectivity index (χ1v) is 6.10. The molecule has 0 saturated heterocycles. The molecule has 0 bridgehead atoms. The number of benzene rings is 1. The van der Waals surface area contributed by atoms with Gasteiger partial charge in [-0.05, 0) is 35.8 Å². The van der Waals surface area contributed by atoms with E-state index in [9.17, 15) is 4.79 Å². The summed E-state index contributed by atoms with van der Waals surface area (Å²) in [5, 5.41) is 0. The molecule has 0 N–H and O–H groups in total. The third-order valence-corrected chi connectivity index (χ3v) is 2.66. The highest BCUT2D eigenvalue weighted by atomic mass is 79.9. The maximum Gasteiger partial charge on any atom is 0.341 e. The van der Waals surface area contributed by atoms with Crippen LogP contribution in [0.5, 0.6) is 11.5 Å². The van der Waals surface area contributed by atoms with Crippen molar-refractivity contribution in [3.8, 4) is 11.5 Å². The Balaban J connectivity index is 3.20. The van der Waals surface area contributed by atoms with Gasteiger partial charge in [-0.3, -0.25) is 0 Å². The second-order valence-electron chi connectivity index (χ2n) is 3.14. The second-order valence-corrected chi connectivity index (χ2v) is 3.99. The average Bonchev–Trinajstić information content (AvgIpc) is 2.32. The van der Waals surface area contributed by atoms with Crippen molar-refractivity contribution in [1.29, 1.82) is 0 Å². The van der Waals surface area contributed by atoms with Gasteiger partial charge in [0.15, 0.2) is 0 Å². The smallest absolute Gasteiger partial charge is 0.341 e. The van der Waals surface area contributed by atoms with E-state index in [1.165, 1.54) is 7.11 Å². The van der Waals surface area contributed by atoms with Crippen LogP contribution in [0, 0.1) is 0 Å². The highest BCUT2D eigenvalue weighted by molar-refractivity contribution is 9.10. The molecule has 0 aliphatic heterocycles. The molecule has 0 heterocycles. The molecule has 0 radical (unpaired) electrons. The Hall–Kier alpha value is -1.23. The van der Waals surface area contributed by atoms with Crippen molar-refractivity contribution in [2.45, 2.75) is 13.8 Å². The fraction of sp³-hybridized carbons (Fsp3) is 0.417. The van der Waals surface area contributed by atoms with Gasteiger partial charge in [0.1, 0.15) is 17.1 Å². The number of esters is 1. The van der Waals surface area contributed by atoms with Gasteiger partial charge in [0.25, 0.3) is 0 Å². The molecule has 1 rings (SSSR count). The topological polar surface area (TPSA) is 44.8 Å². The van der Waals surface area contributed by atoms with Crippen LogP contribution in [0.1, 0.15) is 24.2 Å². The van der Waals surface area contributed by atoms with Crippen LogP contribution < -0.4 is 9.47 Å². The Labute approximate surface area is 109 Å². The fourth-order valence-electron chi connectivity index (χ4n) is 1.35. The molecule has 0 fully saturated rings. The van der Waals surface area contributed by atoms with E-state index in [1.807, 2.05) is 13.8 Å². The van der Waals surface area contributed by atoms with Crippen molar-refractivity contribution in [1.82, 2.24) is 0 Å². The van der Waals surface area contributed by atoms with Crippen LogP contribution in [0.15, 0.2) is 16.6 Å². The molecule has 0 unspecified atom stereocenters. The molecule has 1 aromatic rings. The monoisotopic (exact) mass is 302 g/mol. The molecular weight excluding hydrogens is 288 g/mol. The van der Waals surface area contributed by atoms with Crippen molar-refractivity contribution in [2.75, 3.05) is 20.3 Å². The Morgan fingerprint density at radius 2 is 1.76 bits per heavy atom. The van der Waals surface area contributed by atoms with Crippen LogP contribution in [0.3, 0.4) is 0 Å². The number of hydrogen-bond donors (Lipinski definition) is 0. The molecule has 5 heteroatoms. The van der Waals surface area contributed by atoms with Gasteiger partial charge in [0.05, 0.1) is 24.8 Å². The van der Waals surface area contributed by atoms with E-state index in [0.717, 1.165) is 0 Å². The summed E-state index contributed by atoms with van der Waals surface area (Å²) in [6, 6.07) is 3.32. The first kappa shape index (κ1) is 13.8. The zero-order chi connectivity index (χ0) is 12.8. The number of hydrogen-bond acceptors (Lipinski definition) is 4. The van der Waals surface area contributed by atoms with Crippen LogP contribution in [0.4, 0.5) is 0 Å². The van der Waals surface area contributed by atoms with E-state index in [0.29, 0.717) is 34.7 Å². The molecule has 1 aromatic carbocycles. The average molecular weight is 303 g/mol. The molecule has 0 saturated carbocycles. The van der Waals surface area contributed by atoms with Crippen molar-refractivity contribution in [2.24, 2.45) is 0 Å². The highest BCUT2D eigenvalue weighted by Crippen LogP contribution is 2.33. The van der Waals surface area contributed by atoms with Gasteiger partial charge >= 0.3 is 5.97 Å². The standard InChI is InChI=1S/C12H15BrO4/c1-4-16-10-7-11(17-5-2)9(13)6-8(10)12(14)15-3/h6-7H,4-5H2,1-3H3. The summed E-state index contributed by atoms with van der Waals surface area (Å²) in [4.78, 5) is 11.6. The van der Waals surface area contributed by atoms with E-state index in [1.54, 1.807) is 12.1 Å². The SMILES string of the molecule is CCOc1cc(OCC)c(C(=O)OC)cc1Br. The molecule has 94 valence electrons. The lowest BCUT2D eigenvalue weighted by Gasteiger charge is -2.12. The van der Waals surface area contributed by atoms with Gasteiger partial charge in [-0.15, -0.1) is 0 Å². The van der Waals surface area contributed by atoms with Gasteiger partial charge in [-0.2, -0.15) is 0 Å². The molecule has 4 nitrogen and oxygen atoms in total. The maximum atomic E-state index is 11.6. The summed E-state index contributed by atoms with van der Waals surface area (Å²) in [5.74, 6) is 0.673. The molecule has 0 atom stereocenters. The lowest BCUT2D eigenvalue weighted by atomic mass is 10.2. The van der Waals surface area contributed by atoms with Gasteiger partial charge in [-0.1, -0.05) is 0 Å². The Kier molecular flexibility index (Phi) is 5.28. The highest BCUT2D eigenvalue weighted by Gasteiger charge is 2.16. The van der Waals surface area contributed by atoms with E-state index in [4.69, 9.17) is 14.2 Å². The third-order valence-electron chi connectivity index (χ3n) is 2.04. The predicted octanol–water partition coefficient (Wildman–Crippen LogP) is 3.03. The number of halogens is 1. The van der Waals surface area contributed by atoms with Gasteiger partial charge in [-0.25, -0.2) is 4.79 Å². The first-order valence-electron chi connectivity index (χ1n) is 5.31. The minimum atomic E-state index is -0.433. The van der Waals surface area contributed by atoms with Crippen LogP contribution in [0.2, 0.25) is 0 Å². The quantitative estimate of drug-likeness (QED) is 0.784. The fourth-order valence-corrected chi connectivity index (χ4v) is 1.80. The molecule has 0 spiro atoms. The van der Waals surface area contributed by atoms with Crippen molar-refractivity contribution in [3.05, 3.63) is 22.2 Å². The number of carbonyl (C=O) groups is 1. The number of ether oxygens (including phenoxy) is 3. The lowest BCUT2D eigenvalue weighted by molar-refractivity contribution is 0.0596. The normalized spacial score (nSPS) is 9.88. The summed E-state index contributed by atoms with van der Waals surface area (Å²) < 4.78 is 16.2. The summed E-state index contributed by atoms with van der Waals surface area (Å²) in [7, 11) is 1.34. The van der Waals surface area contributed by atoms with Crippen LogP contribution in [-0.4, -0.2) is 26.3 Å². The molecule has 17 heavy (non-hydrogen) atoms. The van der Waals surface area contributed by atoms with E-state index in [-0.39, 0.29) is 0 Å². The second kappa shape index (κ2) is 6.49. The number of methoxy groups -OCH3 is 1. The number of carbonyl (C=O) groups excluding carboxylic acids is 1. The summed E-state index contributed by atoms with van der Waals surface area (Å²) >= 11 is 3.34. The Morgan fingerprint density at radius 1 is 1.18 bits per heavy atom. The van der Waals surface area contributed by atoms with E-state index in [2.05, 4.69) is 15.9 Å². The molecule has 0 aromatic heterocycles.